The van der Waals surface area contributed by atoms with Gasteiger partial charge in [0.1, 0.15) is 5.00 Å². The molecular weight excluding hydrogens is 455 g/mol. The monoisotopic (exact) mass is 477 g/mol. The van der Waals surface area contributed by atoms with E-state index in [2.05, 4.69) is 20.8 Å². The number of hydrogen-bond acceptors (Lipinski definition) is 7. The molecule has 170 valence electrons. The summed E-state index contributed by atoms with van der Waals surface area (Å²) in [6, 6.07) is 0. The number of methoxy groups -OCH3 is 1. The normalized spacial score (nSPS) is 13.7. The van der Waals surface area contributed by atoms with E-state index in [1.165, 1.54) is 25.5 Å². The Hall–Kier alpha value is -2.12. The van der Waals surface area contributed by atoms with Crippen LogP contribution in [0.5, 0.6) is 0 Å². The lowest BCUT2D eigenvalue weighted by atomic mass is 9.95. The van der Waals surface area contributed by atoms with Crippen LogP contribution in [0.25, 0.3) is 0 Å². The summed E-state index contributed by atoms with van der Waals surface area (Å²) in [6.45, 7) is 0.713. The summed E-state index contributed by atoms with van der Waals surface area (Å²) in [6.07, 6.45) is -1.01. The van der Waals surface area contributed by atoms with Gasteiger partial charge in [-0.2, -0.15) is 13.2 Å². The van der Waals surface area contributed by atoms with Crippen molar-refractivity contribution in [1.82, 2.24) is 20.1 Å². The Labute approximate surface area is 184 Å². The molecule has 31 heavy (non-hydrogen) atoms. The topological polar surface area (TPSA) is 98.1 Å². The number of rotatable bonds is 8. The first kappa shape index (κ1) is 23.5. The lowest BCUT2D eigenvalue weighted by molar-refractivity contribution is -0.147. The molecule has 2 N–H and O–H groups in total. The number of nitrogens with zero attached hydrogens (tertiary/aromatic N) is 3. The van der Waals surface area contributed by atoms with Crippen LogP contribution >= 0.6 is 23.1 Å². The van der Waals surface area contributed by atoms with Gasteiger partial charge in [0, 0.05) is 25.6 Å². The molecule has 2 aromatic rings. The average Bonchev–Trinajstić information content (AvgIpc) is 3.26. The molecule has 2 aromatic heterocycles. The molecule has 0 spiro atoms. The highest BCUT2D eigenvalue weighted by atomic mass is 32.2. The third-order valence-corrected chi connectivity index (χ3v) is 6.89. The van der Waals surface area contributed by atoms with Crippen LogP contribution in [0.2, 0.25) is 0 Å². The number of carbonyl (C=O) groups is 2. The Kier molecular flexibility index (Phi) is 7.59. The fourth-order valence-corrected chi connectivity index (χ4v) is 5.24. The van der Waals surface area contributed by atoms with Gasteiger partial charge in [-0.15, -0.1) is 21.5 Å². The number of ether oxygens (including phenoxy) is 1. The van der Waals surface area contributed by atoms with E-state index in [1.807, 2.05) is 0 Å². The fourth-order valence-electron chi connectivity index (χ4n) is 3.23. The molecule has 0 saturated heterocycles. The maximum Gasteiger partial charge on any atom is 0.451 e. The molecule has 2 amide bonds. The van der Waals surface area contributed by atoms with E-state index in [1.54, 1.807) is 0 Å². The number of thioether (sulfide) groups is 1. The number of alkyl halides is 3. The van der Waals surface area contributed by atoms with Crippen molar-refractivity contribution in [3.63, 3.8) is 0 Å². The van der Waals surface area contributed by atoms with Crippen molar-refractivity contribution in [2.75, 3.05) is 31.3 Å². The number of thiophene rings is 1. The quantitative estimate of drug-likeness (QED) is 0.448. The molecule has 0 saturated carbocycles. The summed E-state index contributed by atoms with van der Waals surface area (Å²) in [5.41, 5.74) is 1.42. The third kappa shape index (κ3) is 5.57. The molecule has 3 rings (SSSR count). The van der Waals surface area contributed by atoms with Crippen LogP contribution in [0.15, 0.2) is 5.16 Å². The van der Waals surface area contributed by atoms with Gasteiger partial charge in [-0.3, -0.25) is 9.59 Å². The van der Waals surface area contributed by atoms with Gasteiger partial charge in [-0.1, -0.05) is 11.8 Å². The Morgan fingerprint density at radius 2 is 2.00 bits per heavy atom. The van der Waals surface area contributed by atoms with Gasteiger partial charge in [-0.05, 0) is 31.2 Å². The van der Waals surface area contributed by atoms with Crippen LogP contribution in [-0.2, 0) is 35.6 Å². The predicted octanol–water partition coefficient (Wildman–Crippen LogP) is 2.88. The second kappa shape index (κ2) is 10.0. The third-order valence-electron chi connectivity index (χ3n) is 4.66. The minimum Gasteiger partial charge on any atom is -0.383 e. The van der Waals surface area contributed by atoms with E-state index in [0.29, 0.717) is 23.7 Å². The van der Waals surface area contributed by atoms with E-state index < -0.39 is 17.9 Å². The lowest BCUT2D eigenvalue weighted by Crippen LogP contribution is -2.29. The molecule has 0 bridgehead atoms. The average molecular weight is 478 g/mol. The first-order valence-corrected chi connectivity index (χ1v) is 11.3. The van der Waals surface area contributed by atoms with Gasteiger partial charge in [0.05, 0.1) is 17.9 Å². The minimum atomic E-state index is -4.62. The molecule has 2 heterocycles. The van der Waals surface area contributed by atoms with Crippen LogP contribution < -0.4 is 10.6 Å². The van der Waals surface area contributed by atoms with E-state index in [9.17, 15) is 22.8 Å². The van der Waals surface area contributed by atoms with Gasteiger partial charge < -0.3 is 19.9 Å². The number of nitrogens with one attached hydrogen (secondary N) is 2. The van der Waals surface area contributed by atoms with E-state index in [4.69, 9.17) is 4.74 Å². The van der Waals surface area contributed by atoms with Crippen LogP contribution in [0.4, 0.5) is 18.2 Å². The van der Waals surface area contributed by atoms with Gasteiger partial charge in [0.15, 0.2) is 5.16 Å². The Bertz CT molecular complexity index is 958. The summed E-state index contributed by atoms with van der Waals surface area (Å²) in [5, 5.41) is 12.6. The highest BCUT2D eigenvalue weighted by Gasteiger charge is 2.37. The number of carbonyl (C=O) groups excluding carboxylic acids is 2. The highest BCUT2D eigenvalue weighted by molar-refractivity contribution is 7.99. The zero-order valence-corrected chi connectivity index (χ0v) is 18.6. The van der Waals surface area contributed by atoms with Crippen molar-refractivity contribution in [3.8, 4) is 0 Å². The van der Waals surface area contributed by atoms with Gasteiger partial charge in [-0.25, -0.2) is 0 Å². The molecule has 0 radical (unpaired) electrons. The zero-order valence-electron chi connectivity index (χ0n) is 17.0. The molecule has 0 aromatic carbocycles. The van der Waals surface area contributed by atoms with Gasteiger partial charge in [0.2, 0.25) is 11.7 Å². The fraction of sp³-hybridized carbons (Fsp3) is 0.556. The maximum absolute atomic E-state index is 12.8. The SMILES string of the molecule is COCCNC(=O)c1c(NC(=O)CSc2nnc(C(F)(F)F)n2C)sc2c1CCCC2. The summed E-state index contributed by atoms with van der Waals surface area (Å²) in [5.74, 6) is -2.01. The number of hydrogen-bond donors (Lipinski definition) is 2. The second-order valence-corrected chi connectivity index (χ2v) is 8.91. The summed E-state index contributed by atoms with van der Waals surface area (Å²) < 4.78 is 44.3. The standard InChI is InChI=1S/C18H22F3N5O3S2/c1-26-16(18(19,20)21)24-25-17(26)30-9-12(27)23-15-13(14(28)22-7-8-29-2)10-5-3-4-6-11(10)31-15/h3-9H2,1-2H3,(H,22,28)(H,23,27). The van der Waals surface area contributed by atoms with Crippen molar-refractivity contribution in [3.05, 3.63) is 21.8 Å². The predicted molar refractivity (Wildman–Crippen MR) is 111 cm³/mol. The van der Waals surface area contributed by atoms with Crippen molar-refractivity contribution in [1.29, 1.82) is 0 Å². The second-order valence-electron chi connectivity index (χ2n) is 6.86. The number of fused-ring (bicyclic) bond motifs is 1. The molecule has 1 aliphatic rings. The van der Waals surface area contributed by atoms with Crippen LogP contribution in [0.3, 0.4) is 0 Å². The molecule has 0 atom stereocenters. The van der Waals surface area contributed by atoms with E-state index in [0.717, 1.165) is 52.5 Å². The summed E-state index contributed by atoms with van der Waals surface area (Å²) >= 11 is 2.22. The van der Waals surface area contributed by atoms with E-state index in [-0.39, 0.29) is 16.8 Å². The number of aryl methyl sites for hydroxylation is 1. The first-order valence-electron chi connectivity index (χ1n) is 9.53. The smallest absolute Gasteiger partial charge is 0.383 e. The minimum absolute atomic E-state index is 0.0227. The Balaban J connectivity index is 1.70. The maximum atomic E-state index is 12.8. The van der Waals surface area contributed by atoms with Crippen LogP contribution in [0, 0.1) is 0 Å². The molecule has 0 fully saturated rings. The molecule has 0 unspecified atom stereocenters. The van der Waals surface area contributed by atoms with Crippen molar-refractivity contribution >= 4 is 39.9 Å². The molecule has 0 aliphatic heterocycles. The van der Waals surface area contributed by atoms with Gasteiger partial charge >= 0.3 is 6.18 Å². The van der Waals surface area contributed by atoms with Crippen molar-refractivity contribution in [2.24, 2.45) is 7.05 Å². The molecule has 1 aliphatic carbocycles. The lowest BCUT2D eigenvalue weighted by Gasteiger charge is -2.13. The number of anilines is 1. The molecule has 13 heteroatoms. The number of halogens is 3. The number of aromatic nitrogens is 3. The largest absolute Gasteiger partial charge is 0.451 e. The number of amides is 2. The highest BCUT2D eigenvalue weighted by Crippen LogP contribution is 2.38. The van der Waals surface area contributed by atoms with Crippen molar-refractivity contribution < 1.29 is 27.5 Å². The van der Waals surface area contributed by atoms with Gasteiger partial charge in [0.25, 0.3) is 5.91 Å². The van der Waals surface area contributed by atoms with Crippen LogP contribution in [-0.4, -0.2) is 52.6 Å². The van der Waals surface area contributed by atoms with E-state index >= 15 is 0 Å². The Morgan fingerprint density at radius 3 is 2.68 bits per heavy atom. The molecular formula is C18H22F3N5O3S2. The summed E-state index contributed by atoms with van der Waals surface area (Å²) in [4.78, 5) is 26.3. The van der Waals surface area contributed by atoms with Crippen LogP contribution in [0.1, 0.15) is 39.5 Å². The Morgan fingerprint density at radius 1 is 1.26 bits per heavy atom. The summed E-state index contributed by atoms with van der Waals surface area (Å²) in [7, 11) is 2.73. The first-order chi connectivity index (χ1) is 14.7. The zero-order chi connectivity index (χ0) is 22.6. The van der Waals surface area contributed by atoms with Crippen molar-refractivity contribution in [2.45, 2.75) is 37.0 Å². The molecule has 8 nitrogen and oxygen atoms in total.